The van der Waals surface area contributed by atoms with Gasteiger partial charge in [0.25, 0.3) is 0 Å². The highest BCUT2D eigenvalue weighted by Gasteiger charge is 2.21. The first-order chi connectivity index (χ1) is 12.7. The van der Waals surface area contributed by atoms with Gasteiger partial charge in [-0.2, -0.15) is 0 Å². The third-order valence-corrected chi connectivity index (χ3v) is 4.77. The second kappa shape index (κ2) is 7.15. The number of nitrogens with one attached hydrogen (secondary N) is 1. The Balaban J connectivity index is 1.42. The number of carbonyl (C=O) groups is 1. The minimum absolute atomic E-state index is 0.0436. The van der Waals surface area contributed by atoms with Crippen LogP contribution in [0.2, 0.25) is 0 Å². The molecule has 1 saturated heterocycles. The lowest BCUT2D eigenvalue weighted by molar-refractivity contribution is -0.130. The molecule has 0 aliphatic carbocycles. The van der Waals surface area contributed by atoms with Crippen LogP contribution in [0.15, 0.2) is 48.5 Å². The van der Waals surface area contributed by atoms with Crippen LogP contribution < -0.4 is 4.90 Å². The number of imidazole rings is 1. The molecule has 26 heavy (non-hydrogen) atoms. The summed E-state index contributed by atoms with van der Waals surface area (Å²) in [6.45, 7) is 2.94. The molecule has 0 radical (unpaired) electrons. The van der Waals surface area contributed by atoms with Crippen molar-refractivity contribution in [3.8, 4) is 0 Å². The van der Waals surface area contributed by atoms with Crippen LogP contribution in [-0.4, -0.2) is 47.0 Å². The maximum Gasteiger partial charge on any atom is 0.227 e. The van der Waals surface area contributed by atoms with Gasteiger partial charge in [0.2, 0.25) is 11.9 Å². The number of halogens is 1. The monoisotopic (exact) mass is 352 g/mol. The highest BCUT2D eigenvalue weighted by atomic mass is 19.1. The normalized spacial score (nSPS) is 15.3. The number of anilines is 1. The first-order valence-electron chi connectivity index (χ1n) is 8.91. The molecule has 0 saturated carbocycles. The molecule has 1 aromatic heterocycles. The zero-order valence-corrected chi connectivity index (χ0v) is 14.5. The summed E-state index contributed by atoms with van der Waals surface area (Å²) in [6, 6.07) is 14.2. The van der Waals surface area contributed by atoms with E-state index >= 15 is 0 Å². The highest BCUT2D eigenvalue weighted by Crippen LogP contribution is 2.18. The van der Waals surface area contributed by atoms with Crippen LogP contribution in [0.3, 0.4) is 0 Å². The van der Waals surface area contributed by atoms with E-state index in [4.69, 9.17) is 0 Å². The number of carbonyl (C=O) groups excluding carboxylic acids is 1. The molecule has 5 nitrogen and oxygen atoms in total. The lowest BCUT2D eigenvalue weighted by Gasteiger charge is -2.22. The van der Waals surface area contributed by atoms with Crippen molar-refractivity contribution in [1.82, 2.24) is 14.9 Å². The third-order valence-electron chi connectivity index (χ3n) is 4.77. The molecular weight excluding hydrogens is 331 g/mol. The fourth-order valence-corrected chi connectivity index (χ4v) is 3.40. The Morgan fingerprint density at radius 2 is 1.96 bits per heavy atom. The van der Waals surface area contributed by atoms with Gasteiger partial charge in [0, 0.05) is 26.2 Å². The smallest absolute Gasteiger partial charge is 0.227 e. The molecule has 1 aliphatic rings. The third kappa shape index (κ3) is 3.54. The fourth-order valence-electron chi connectivity index (χ4n) is 3.40. The average Bonchev–Trinajstić information content (AvgIpc) is 2.90. The Morgan fingerprint density at radius 1 is 1.08 bits per heavy atom. The van der Waals surface area contributed by atoms with Crippen molar-refractivity contribution < 1.29 is 9.18 Å². The zero-order valence-electron chi connectivity index (χ0n) is 14.5. The van der Waals surface area contributed by atoms with Gasteiger partial charge in [-0.1, -0.05) is 24.3 Å². The molecule has 4 rings (SSSR count). The molecule has 1 fully saturated rings. The minimum atomic E-state index is -0.303. The van der Waals surface area contributed by atoms with E-state index in [9.17, 15) is 9.18 Å². The fraction of sp³-hybridized carbons (Fsp3) is 0.300. The summed E-state index contributed by atoms with van der Waals surface area (Å²) < 4.78 is 13.3. The van der Waals surface area contributed by atoms with Gasteiger partial charge in [0.05, 0.1) is 17.5 Å². The Hall–Kier alpha value is -2.89. The van der Waals surface area contributed by atoms with Gasteiger partial charge < -0.3 is 14.8 Å². The molecule has 3 aromatic rings. The Kier molecular flexibility index (Phi) is 4.56. The summed E-state index contributed by atoms with van der Waals surface area (Å²) in [6.07, 6.45) is 1.12. The van der Waals surface area contributed by atoms with Gasteiger partial charge in [-0.3, -0.25) is 4.79 Å². The van der Waals surface area contributed by atoms with Crippen LogP contribution in [0.25, 0.3) is 11.0 Å². The van der Waals surface area contributed by atoms with E-state index in [1.54, 1.807) is 12.1 Å². The maximum atomic E-state index is 13.3. The van der Waals surface area contributed by atoms with Gasteiger partial charge in [-0.15, -0.1) is 0 Å². The van der Waals surface area contributed by atoms with Crippen LogP contribution in [0.4, 0.5) is 10.3 Å². The molecule has 134 valence electrons. The number of benzene rings is 2. The molecular formula is C20H21FN4O. The van der Waals surface area contributed by atoms with Gasteiger partial charge in [-0.25, -0.2) is 9.37 Å². The van der Waals surface area contributed by atoms with Gasteiger partial charge in [0.15, 0.2) is 0 Å². The van der Waals surface area contributed by atoms with Crippen molar-refractivity contribution in [2.24, 2.45) is 0 Å². The standard InChI is InChI=1S/C20H21FN4O/c21-16-6-3-5-15(13-16)14-19(26)24-9-4-10-25(12-11-24)20-22-17-7-1-2-8-18(17)23-20/h1-3,5-8,13H,4,9-12,14H2,(H,22,23). The number of fused-ring (bicyclic) bond motifs is 1. The van der Waals surface area contributed by atoms with E-state index < -0.39 is 0 Å². The number of hydrogen-bond donors (Lipinski definition) is 1. The second-order valence-corrected chi connectivity index (χ2v) is 6.61. The lowest BCUT2D eigenvalue weighted by atomic mass is 10.1. The zero-order chi connectivity index (χ0) is 17.9. The van der Waals surface area contributed by atoms with Gasteiger partial charge >= 0.3 is 0 Å². The number of nitrogens with zero attached hydrogens (tertiary/aromatic N) is 3. The number of hydrogen-bond acceptors (Lipinski definition) is 3. The van der Waals surface area contributed by atoms with E-state index in [1.807, 2.05) is 29.2 Å². The number of H-pyrrole nitrogens is 1. The molecule has 1 aliphatic heterocycles. The largest absolute Gasteiger partial charge is 0.341 e. The van der Waals surface area contributed by atoms with Gasteiger partial charge in [-0.05, 0) is 36.2 Å². The van der Waals surface area contributed by atoms with Crippen LogP contribution in [0.5, 0.6) is 0 Å². The van der Waals surface area contributed by atoms with Crippen molar-refractivity contribution in [2.75, 3.05) is 31.1 Å². The molecule has 6 heteroatoms. The van der Waals surface area contributed by atoms with E-state index in [0.29, 0.717) is 18.7 Å². The maximum absolute atomic E-state index is 13.3. The van der Waals surface area contributed by atoms with Crippen LogP contribution >= 0.6 is 0 Å². The molecule has 2 heterocycles. The molecule has 1 amide bonds. The summed E-state index contributed by atoms with van der Waals surface area (Å²) in [5.41, 5.74) is 2.69. The first-order valence-corrected chi connectivity index (χ1v) is 8.91. The predicted octanol–water partition coefficient (Wildman–Crippen LogP) is 2.98. The Bertz CT molecular complexity index is 890. The summed E-state index contributed by atoms with van der Waals surface area (Å²) >= 11 is 0. The Morgan fingerprint density at radius 3 is 2.81 bits per heavy atom. The van der Waals surface area contributed by atoms with Crippen LogP contribution in [-0.2, 0) is 11.2 Å². The molecule has 0 spiro atoms. The number of aromatic amines is 1. The average molecular weight is 352 g/mol. The Labute approximate surface area is 151 Å². The summed E-state index contributed by atoms with van der Waals surface area (Å²) in [5, 5.41) is 0. The summed E-state index contributed by atoms with van der Waals surface area (Å²) in [5.74, 6) is 0.593. The highest BCUT2D eigenvalue weighted by molar-refractivity contribution is 5.79. The van der Waals surface area contributed by atoms with E-state index in [2.05, 4.69) is 14.9 Å². The molecule has 1 N–H and O–H groups in total. The van der Waals surface area contributed by atoms with Crippen molar-refractivity contribution in [1.29, 1.82) is 0 Å². The van der Waals surface area contributed by atoms with Crippen LogP contribution in [0.1, 0.15) is 12.0 Å². The quantitative estimate of drug-likeness (QED) is 0.788. The van der Waals surface area contributed by atoms with Crippen molar-refractivity contribution in [3.05, 3.63) is 59.9 Å². The molecule has 0 unspecified atom stereocenters. The van der Waals surface area contributed by atoms with E-state index in [0.717, 1.165) is 36.5 Å². The summed E-state index contributed by atoms with van der Waals surface area (Å²) in [4.78, 5) is 24.6. The van der Waals surface area contributed by atoms with Crippen molar-refractivity contribution >= 4 is 22.9 Å². The number of aromatic nitrogens is 2. The molecule has 0 bridgehead atoms. The minimum Gasteiger partial charge on any atom is -0.341 e. The molecule has 0 atom stereocenters. The van der Waals surface area contributed by atoms with E-state index in [-0.39, 0.29) is 18.1 Å². The molecule has 2 aromatic carbocycles. The van der Waals surface area contributed by atoms with E-state index in [1.165, 1.54) is 12.1 Å². The predicted molar refractivity (Wildman–Crippen MR) is 99.6 cm³/mol. The summed E-state index contributed by atoms with van der Waals surface area (Å²) in [7, 11) is 0. The second-order valence-electron chi connectivity index (χ2n) is 6.61. The topological polar surface area (TPSA) is 52.2 Å². The van der Waals surface area contributed by atoms with Crippen LogP contribution in [0, 0.1) is 5.82 Å². The van der Waals surface area contributed by atoms with Gasteiger partial charge in [0.1, 0.15) is 5.82 Å². The number of para-hydroxylation sites is 2. The van der Waals surface area contributed by atoms with Crippen molar-refractivity contribution in [2.45, 2.75) is 12.8 Å². The number of amides is 1. The lowest BCUT2D eigenvalue weighted by Crippen LogP contribution is -2.36. The van der Waals surface area contributed by atoms with Crippen molar-refractivity contribution in [3.63, 3.8) is 0 Å². The number of rotatable bonds is 3. The first kappa shape index (κ1) is 16.6. The SMILES string of the molecule is O=C(Cc1cccc(F)c1)N1CCCN(c2nc3ccccc3[nH]2)CC1.